The van der Waals surface area contributed by atoms with Gasteiger partial charge in [-0.05, 0) is 38.1 Å². The van der Waals surface area contributed by atoms with Crippen molar-refractivity contribution in [1.82, 2.24) is 10.6 Å². The van der Waals surface area contributed by atoms with Crippen LogP contribution in [0.5, 0.6) is 0 Å². The maximum atomic E-state index is 11.8. The zero-order valence-corrected chi connectivity index (χ0v) is 9.10. The molecule has 1 aliphatic carbocycles. The average molecular weight is 196 g/mol. The Balaban J connectivity index is 1.88. The third kappa shape index (κ3) is 1.78. The van der Waals surface area contributed by atoms with E-state index in [2.05, 4.69) is 24.5 Å². The molecule has 1 heterocycles. The Kier molecular flexibility index (Phi) is 2.52. The minimum Gasteiger partial charge on any atom is -0.349 e. The van der Waals surface area contributed by atoms with Gasteiger partial charge in [0.2, 0.25) is 5.91 Å². The number of rotatable bonds is 3. The number of hydrogen-bond donors (Lipinski definition) is 2. The summed E-state index contributed by atoms with van der Waals surface area (Å²) in [4.78, 5) is 11.8. The maximum absolute atomic E-state index is 11.8. The highest BCUT2D eigenvalue weighted by atomic mass is 16.2. The quantitative estimate of drug-likeness (QED) is 0.708. The third-order valence-corrected chi connectivity index (χ3v) is 3.64. The molecule has 0 aromatic carbocycles. The molecule has 1 saturated heterocycles. The lowest BCUT2D eigenvalue weighted by molar-refractivity contribution is -0.124. The first kappa shape index (κ1) is 9.97. The molecule has 2 N–H and O–H groups in total. The molecular formula is C11H20N2O. The molecule has 2 aliphatic rings. The summed E-state index contributed by atoms with van der Waals surface area (Å²) in [5.74, 6) is 0.779. The van der Waals surface area contributed by atoms with Crippen LogP contribution in [-0.2, 0) is 4.79 Å². The van der Waals surface area contributed by atoms with E-state index in [1.807, 2.05) is 0 Å². The van der Waals surface area contributed by atoms with Crippen molar-refractivity contribution in [3.63, 3.8) is 0 Å². The van der Waals surface area contributed by atoms with Gasteiger partial charge in [0.15, 0.2) is 0 Å². The van der Waals surface area contributed by atoms with Gasteiger partial charge < -0.3 is 10.6 Å². The van der Waals surface area contributed by atoms with Crippen molar-refractivity contribution in [2.45, 2.75) is 51.1 Å². The van der Waals surface area contributed by atoms with Gasteiger partial charge in [-0.2, -0.15) is 0 Å². The Bertz CT molecular complexity index is 227. The molecule has 1 amide bonds. The summed E-state index contributed by atoms with van der Waals surface area (Å²) in [6.45, 7) is 5.37. The van der Waals surface area contributed by atoms with Gasteiger partial charge in [0.1, 0.15) is 0 Å². The molecule has 2 rings (SSSR count). The SMILES string of the molecule is CC(C)C1(NC(=O)[C@H]2CCCN2)CC1. The summed E-state index contributed by atoms with van der Waals surface area (Å²) in [5, 5.41) is 6.44. The molecule has 1 saturated carbocycles. The van der Waals surface area contributed by atoms with Gasteiger partial charge in [0, 0.05) is 5.54 Å². The Morgan fingerprint density at radius 1 is 1.50 bits per heavy atom. The summed E-state index contributed by atoms with van der Waals surface area (Å²) < 4.78 is 0. The van der Waals surface area contributed by atoms with E-state index in [0.717, 1.165) is 32.2 Å². The molecule has 80 valence electrons. The van der Waals surface area contributed by atoms with Crippen LogP contribution < -0.4 is 10.6 Å². The molecule has 0 unspecified atom stereocenters. The summed E-state index contributed by atoms with van der Waals surface area (Å²) in [6.07, 6.45) is 4.44. The zero-order valence-electron chi connectivity index (χ0n) is 9.10. The van der Waals surface area contributed by atoms with Gasteiger partial charge in [0.25, 0.3) is 0 Å². The van der Waals surface area contributed by atoms with Crippen LogP contribution in [0.2, 0.25) is 0 Å². The molecule has 0 aromatic rings. The summed E-state index contributed by atoms with van der Waals surface area (Å²) in [5.41, 5.74) is 0.140. The van der Waals surface area contributed by atoms with Crippen LogP contribution in [0.4, 0.5) is 0 Å². The molecule has 14 heavy (non-hydrogen) atoms. The highest BCUT2D eigenvalue weighted by Crippen LogP contribution is 2.42. The zero-order chi connectivity index (χ0) is 10.2. The predicted molar refractivity (Wildman–Crippen MR) is 56.0 cm³/mol. The fraction of sp³-hybridized carbons (Fsp3) is 0.909. The standard InChI is InChI=1S/C11H20N2O/c1-8(2)11(5-6-11)13-10(14)9-4-3-7-12-9/h8-9,12H,3-7H2,1-2H3,(H,13,14)/t9-/m1/s1. The number of carbonyl (C=O) groups is 1. The smallest absolute Gasteiger partial charge is 0.237 e. The highest BCUT2D eigenvalue weighted by Gasteiger charge is 2.47. The maximum Gasteiger partial charge on any atom is 0.237 e. The van der Waals surface area contributed by atoms with Gasteiger partial charge in [-0.3, -0.25) is 4.79 Å². The topological polar surface area (TPSA) is 41.1 Å². The van der Waals surface area contributed by atoms with Gasteiger partial charge in [-0.15, -0.1) is 0 Å². The van der Waals surface area contributed by atoms with Crippen molar-refractivity contribution in [3.05, 3.63) is 0 Å². The lowest BCUT2D eigenvalue weighted by atomic mass is 10.0. The first-order valence-electron chi connectivity index (χ1n) is 5.69. The first-order valence-corrected chi connectivity index (χ1v) is 5.69. The van der Waals surface area contributed by atoms with Crippen LogP contribution in [0.3, 0.4) is 0 Å². The van der Waals surface area contributed by atoms with E-state index in [4.69, 9.17) is 0 Å². The molecule has 3 nitrogen and oxygen atoms in total. The predicted octanol–water partition coefficient (Wildman–Crippen LogP) is 1.04. The van der Waals surface area contributed by atoms with Crippen molar-refractivity contribution < 1.29 is 4.79 Å². The number of amides is 1. The normalized spacial score (nSPS) is 29.2. The fourth-order valence-corrected chi connectivity index (χ4v) is 2.22. The Labute approximate surface area is 85.6 Å². The van der Waals surface area contributed by atoms with Crippen molar-refractivity contribution in [2.24, 2.45) is 5.92 Å². The molecule has 2 fully saturated rings. The van der Waals surface area contributed by atoms with E-state index < -0.39 is 0 Å². The molecule has 0 spiro atoms. The summed E-state index contributed by atoms with van der Waals surface area (Å²) in [7, 11) is 0. The largest absolute Gasteiger partial charge is 0.349 e. The Morgan fingerprint density at radius 3 is 2.64 bits per heavy atom. The van der Waals surface area contributed by atoms with Crippen LogP contribution in [0.25, 0.3) is 0 Å². The first-order chi connectivity index (χ1) is 6.64. The van der Waals surface area contributed by atoms with Crippen LogP contribution in [0.15, 0.2) is 0 Å². The lowest BCUT2D eigenvalue weighted by Crippen LogP contribution is -2.48. The minimum absolute atomic E-state index is 0.0752. The molecule has 0 aromatic heterocycles. The van der Waals surface area contributed by atoms with E-state index in [1.165, 1.54) is 0 Å². The van der Waals surface area contributed by atoms with Crippen molar-refractivity contribution >= 4 is 5.91 Å². The Hall–Kier alpha value is -0.570. The van der Waals surface area contributed by atoms with Gasteiger partial charge in [0.05, 0.1) is 6.04 Å². The van der Waals surface area contributed by atoms with Crippen molar-refractivity contribution in [1.29, 1.82) is 0 Å². The number of carbonyl (C=O) groups excluding carboxylic acids is 1. The van der Waals surface area contributed by atoms with E-state index in [9.17, 15) is 4.79 Å². The molecule has 1 atom stereocenters. The number of nitrogens with one attached hydrogen (secondary N) is 2. The van der Waals surface area contributed by atoms with Crippen LogP contribution in [0.1, 0.15) is 39.5 Å². The van der Waals surface area contributed by atoms with E-state index in [1.54, 1.807) is 0 Å². The minimum atomic E-state index is 0.0752. The molecule has 1 aliphatic heterocycles. The number of hydrogen-bond acceptors (Lipinski definition) is 2. The fourth-order valence-electron chi connectivity index (χ4n) is 2.22. The Morgan fingerprint density at radius 2 is 2.21 bits per heavy atom. The summed E-state index contributed by atoms with van der Waals surface area (Å²) in [6, 6.07) is 0.0752. The molecule has 3 heteroatoms. The second kappa shape index (κ2) is 3.54. The molecule has 0 radical (unpaired) electrons. The van der Waals surface area contributed by atoms with Gasteiger partial charge in [-0.1, -0.05) is 13.8 Å². The van der Waals surface area contributed by atoms with E-state index in [0.29, 0.717) is 5.92 Å². The van der Waals surface area contributed by atoms with Gasteiger partial charge >= 0.3 is 0 Å². The lowest BCUT2D eigenvalue weighted by Gasteiger charge is -2.23. The second-order valence-corrected chi connectivity index (χ2v) is 4.95. The highest BCUT2D eigenvalue weighted by molar-refractivity contribution is 5.83. The third-order valence-electron chi connectivity index (χ3n) is 3.64. The van der Waals surface area contributed by atoms with Crippen molar-refractivity contribution in [3.8, 4) is 0 Å². The van der Waals surface area contributed by atoms with E-state index in [-0.39, 0.29) is 17.5 Å². The van der Waals surface area contributed by atoms with Crippen molar-refractivity contribution in [2.75, 3.05) is 6.54 Å². The average Bonchev–Trinajstić information content (AvgIpc) is 2.74. The summed E-state index contributed by atoms with van der Waals surface area (Å²) >= 11 is 0. The van der Waals surface area contributed by atoms with Crippen LogP contribution in [-0.4, -0.2) is 24.0 Å². The van der Waals surface area contributed by atoms with Gasteiger partial charge in [-0.25, -0.2) is 0 Å². The monoisotopic (exact) mass is 196 g/mol. The molecule has 0 bridgehead atoms. The molecular weight excluding hydrogens is 176 g/mol. The second-order valence-electron chi connectivity index (χ2n) is 4.95. The van der Waals surface area contributed by atoms with Crippen LogP contribution >= 0.6 is 0 Å². The van der Waals surface area contributed by atoms with Crippen LogP contribution in [0, 0.1) is 5.92 Å². The van der Waals surface area contributed by atoms with E-state index >= 15 is 0 Å².